The summed E-state index contributed by atoms with van der Waals surface area (Å²) in [5.41, 5.74) is 0.579. The molecule has 1 atom stereocenters. The van der Waals surface area contributed by atoms with Crippen molar-refractivity contribution in [3.8, 4) is 17.7 Å². The minimum atomic E-state index is -1.75. The van der Waals surface area contributed by atoms with Crippen molar-refractivity contribution in [2.45, 2.75) is 13.3 Å². The molecule has 0 aliphatic carbocycles. The lowest BCUT2D eigenvalue weighted by atomic mass is 9.99. The molecule has 0 radical (unpaired) electrons. The topological polar surface area (TPSA) is 105 Å². The summed E-state index contributed by atoms with van der Waals surface area (Å²) in [6.07, 6.45) is 1.33. The first-order chi connectivity index (χ1) is 16.4. The van der Waals surface area contributed by atoms with Gasteiger partial charge in [-0.15, -0.1) is 0 Å². The first-order valence-corrected chi connectivity index (χ1v) is 11.3. The van der Waals surface area contributed by atoms with Crippen molar-refractivity contribution in [1.29, 1.82) is 5.26 Å². The second-order valence-corrected chi connectivity index (χ2v) is 8.43. The summed E-state index contributed by atoms with van der Waals surface area (Å²) in [6.45, 7) is 1.72. The van der Waals surface area contributed by atoms with E-state index < -0.39 is 28.2 Å². The number of nitrogens with one attached hydrogen (secondary N) is 1. The number of hydrogen-bond acceptors (Lipinski definition) is 6. The molecule has 1 unspecified atom stereocenters. The molecule has 1 N–H and O–H groups in total. The fourth-order valence-electron chi connectivity index (χ4n) is 3.40. The van der Waals surface area contributed by atoms with Crippen LogP contribution in [0, 0.1) is 29.9 Å². The number of nitriles is 1. The molecule has 172 valence electrons. The molecular formula is C24H17F2N3O4S. The molecular weight excluding hydrogens is 464 g/mol. The van der Waals surface area contributed by atoms with Crippen LogP contribution in [0.25, 0.3) is 11.0 Å². The van der Waals surface area contributed by atoms with Crippen LogP contribution < -0.4 is 15.1 Å². The van der Waals surface area contributed by atoms with Gasteiger partial charge in [-0.05, 0) is 48.4 Å². The van der Waals surface area contributed by atoms with Crippen molar-refractivity contribution in [2.75, 3.05) is 10.5 Å². The van der Waals surface area contributed by atoms with Crippen molar-refractivity contribution in [1.82, 2.24) is 4.98 Å². The summed E-state index contributed by atoms with van der Waals surface area (Å²) < 4.78 is 53.9. The third kappa shape index (κ3) is 4.79. The second kappa shape index (κ2) is 9.80. The van der Waals surface area contributed by atoms with Gasteiger partial charge in [-0.25, -0.2) is 22.8 Å². The van der Waals surface area contributed by atoms with Crippen LogP contribution in [-0.2, 0) is 17.4 Å². The molecule has 0 aliphatic heterocycles. The van der Waals surface area contributed by atoms with E-state index in [0.717, 1.165) is 0 Å². The number of rotatable bonds is 7. The molecule has 0 saturated heterocycles. The average Bonchev–Trinajstić information content (AvgIpc) is 2.80. The number of nitrogens with zero attached hydrogens (tertiary/aromatic N) is 2. The minimum Gasteiger partial charge on any atom is -0.436 e. The number of anilines is 1. The molecule has 0 spiro atoms. The van der Waals surface area contributed by atoms with E-state index in [2.05, 4.69) is 9.71 Å². The molecule has 2 heterocycles. The van der Waals surface area contributed by atoms with E-state index in [-0.39, 0.29) is 46.2 Å². The quantitative estimate of drug-likeness (QED) is 0.382. The van der Waals surface area contributed by atoms with Gasteiger partial charge in [-0.3, -0.25) is 0 Å². The van der Waals surface area contributed by atoms with Crippen molar-refractivity contribution in [2.24, 2.45) is 0 Å². The van der Waals surface area contributed by atoms with Crippen LogP contribution in [-0.4, -0.2) is 14.9 Å². The maximum Gasteiger partial charge on any atom is 0.340 e. The molecule has 0 saturated carbocycles. The molecule has 2 aromatic carbocycles. The van der Waals surface area contributed by atoms with Crippen molar-refractivity contribution in [3.63, 3.8) is 0 Å². The summed E-state index contributed by atoms with van der Waals surface area (Å²) in [6, 6.07) is 13.6. The van der Waals surface area contributed by atoms with Crippen LogP contribution >= 0.6 is 0 Å². The lowest BCUT2D eigenvalue weighted by molar-refractivity contribution is 0.422. The first kappa shape index (κ1) is 23.1. The Labute approximate surface area is 195 Å². The highest BCUT2D eigenvalue weighted by Crippen LogP contribution is 2.29. The molecule has 4 rings (SSSR count). The zero-order valence-corrected chi connectivity index (χ0v) is 18.6. The van der Waals surface area contributed by atoms with Gasteiger partial charge in [-0.2, -0.15) is 5.26 Å². The van der Waals surface area contributed by atoms with Gasteiger partial charge in [0.2, 0.25) is 0 Å². The first-order valence-electron chi connectivity index (χ1n) is 10.0. The van der Waals surface area contributed by atoms with Gasteiger partial charge in [0.15, 0.2) is 11.6 Å². The predicted molar refractivity (Wildman–Crippen MR) is 123 cm³/mol. The Morgan fingerprint density at radius 1 is 1.21 bits per heavy atom. The number of fused-ring (bicyclic) bond motifs is 1. The number of hydrogen-bond donors (Lipinski definition) is 1. The number of halogens is 2. The smallest absolute Gasteiger partial charge is 0.340 e. The summed E-state index contributed by atoms with van der Waals surface area (Å²) in [7, 11) is -1.75. The van der Waals surface area contributed by atoms with Gasteiger partial charge >= 0.3 is 5.63 Å². The number of pyridine rings is 1. The zero-order valence-electron chi connectivity index (χ0n) is 17.8. The van der Waals surface area contributed by atoms with Gasteiger partial charge in [0.1, 0.15) is 28.1 Å². The highest BCUT2D eigenvalue weighted by atomic mass is 32.2. The number of ether oxygens (including phenoxy) is 1. The van der Waals surface area contributed by atoms with E-state index in [1.807, 2.05) is 0 Å². The van der Waals surface area contributed by atoms with Gasteiger partial charge in [-0.1, -0.05) is 12.1 Å². The van der Waals surface area contributed by atoms with E-state index in [9.17, 15) is 17.8 Å². The van der Waals surface area contributed by atoms with Crippen molar-refractivity contribution < 1.29 is 22.1 Å². The molecule has 2 aromatic heterocycles. The summed E-state index contributed by atoms with van der Waals surface area (Å²) >= 11 is 0. The fourth-order valence-corrected chi connectivity index (χ4v) is 4.00. The lowest BCUT2D eigenvalue weighted by Gasteiger charge is -2.12. The van der Waals surface area contributed by atoms with Crippen molar-refractivity contribution in [3.05, 3.63) is 93.5 Å². The van der Waals surface area contributed by atoms with Crippen LogP contribution in [0.3, 0.4) is 0 Å². The van der Waals surface area contributed by atoms with Gasteiger partial charge in [0.25, 0.3) is 5.88 Å². The normalized spacial score (nSPS) is 11.7. The van der Waals surface area contributed by atoms with E-state index in [0.29, 0.717) is 10.9 Å². The largest absolute Gasteiger partial charge is 0.436 e. The SMILES string of the molecule is Cc1c(Cc2cccc(NS(=O)CC#N)c2F)c(=O)oc2cc(Oc3ncccc3F)ccc12. The predicted octanol–water partition coefficient (Wildman–Crippen LogP) is 4.76. The average molecular weight is 481 g/mol. The van der Waals surface area contributed by atoms with E-state index in [4.69, 9.17) is 14.4 Å². The Kier molecular flexibility index (Phi) is 6.65. The zero-order chi connectivity index (χ0) is 24.2. The highest BCUT2D eigenvalue weighted by molar-refractivity contribution is 7.86. The highest BCUT2D eigenvalue weighted by Gasteiger charge is 2.17. The van der Waals surface area contributed by atoms with Crippen molar-refractivity contribution >= 4 is 27.6 Å². The Balaban J connectivity index is 1.66. The monoisotopic (exact) mass is 481 g/mol. The third-order valence-electron chi connectivity index (χ3n) is 5.06. The number of benzene rings is 2. The molecule has 4 aromatic rings. The second-order valence-electron chi connectivity index (χ2n) is 7.25. The third-order valence-corrected chi connectivity index (χ3v) is 5.90. The molecule has 0 fully saturated rings. The van der Waals surface area contributed by atoms with E-state index in [1.54, 1.807) is 31.2 Å². The van der Waals surface area contributed by atoms with Crippen LogP contribution in [0.2, 0.25) is 0 Å². The standard InChI is InChI=1S/C24H17F2N3O4S/c1-14-17-8-7-16(32-23-19(25)5-3-10-28-23)13-21(17)33-24(30)18(14)12-15-4-2-6-20(22(15)26)29-34(31)11-9-27/h2-8,10,13,29H,11-12H2,1H3. The minimum absolute atomic E-state index is 0.0301. The molecule has 7 nitrogen and oxygen atoms in total. The van der Waals surface area contributed by atoms with Crippen LogP contribution in [0.15, 0.2) is 63.9 Å². The molecule has 0 aliphatic rings. The molecule has 0 bridgehead atoms. The summed E-state index contributed by atoms with van der Waals surface area (Å²) in [5, 5.41) is 9.24. The van der Waals surface area contributed by atoms with Gasteiger partial charge < -0.3 is 13.9 Å². The Bertz CT molecular complexity index is 1510. The fraction of sp³-hybridized carbons (Fsp3) is 0.125. The van der Waals surface area contributed by atoms with Gasteiger partial charge in [0.05, 0.1) is 11.8 Å². The Morgan fingerprint density at radius 2 is 2.03 bits per heavy atom. The molecule has 34 heavy (non-hydrogen) atoms. The van der Waals surface area contributed by atoms with E-state index in [1.165, 1.54) is 36.5 Å². The van der Waals surface area contributed by atoms with Crippen LogP contribution in [0.5, 0.6) is 11.6 Å². The Hall–Kier alpha value is -4.10. The molecule has 10 heteroatoms. The summed E-state index contributed by atoms with van der Waals surface area (Å²) in [4.78, 5) is 16.6. The Morgan fingerprint density at radius 3 is 2.79 bits per heavy atom. The van der Waals surface area contributed by atoms with Gasteiger partial charge in [0, 0.05) is 29.6 Å². The van der Waals surface area contributed by atoms with E-state index >= 15 is 0 Å². The van der Waals surface area contributed by atoms with Crippen LogP contribution in [0.4, 0.5) is 14.5 Å². The number of aryl methyl sites for hydroxylation is 1. The maximum absolute atomic E-state index is 15.0. The lowest BCUT2D eigenvalue weighted by Crippen LogP contribution is -2.13. The number of aromatic nitrogens is 1. The summed E-state index contributed by atoms with van der Waals surface area (Å²) in [5.74, 6) is -1.58. The molecule has 0 amide bonds. The van der Waals surface area contributed by atoms with Crippen LogP contribution in [0.1, 0.15) is 16.7 Å². The maximum atomic E-state index is 15.0.